The molecule has 0 aliphatic carbocycles. The lowest BCUT2D eigenvalue weighted by atomic mass is 10.0. The maximum Gasteiger partial charge on any atom is 0.306 e. The van der Waals surface area contributed by atoms with Crippen LogP contribution in [0.15, 0.2) is 0 Å². The van der Waals surface area contributed by atoms with E-state index in [-0.39, 0.29) is 31.1 Å². The molecule has 0 unspecified atom stereocenters. The summed E-state index contributed by atoms with van der Waals surface area (Å²) in [6.07, 6.45) is 36.8. The molecule has 52 heavy (non-hydrogen) atoms. The van der Waals surface area contributed by atoms with Crippen LogP contribution in [-0.2, 0) is 28.6 Å². The summed E-state index contributed by atoms with van der Waals surface area (Å²) in [5.74, 6) is 0.676. The maximum atomic E-state index is 12.7. The molecule has 6 nitrogen and oxygen atoms in total. The van der Waals surface area contributed by atoms with E-state index in [0.29, 0.717) is 19.3 Å². The summed E-state index contributed by atoms with van der Waals surface area (Å²) in [5.41, 5.74) is 0. The Morgan fingerprint density at radius 2 is 0.635 bits per heavy atom. The van der Waals surface area contributed by atoms with E-state index in [0.717, 1.165) is 69.6 Å². The molecule has 308 valence electrons. The monoisotopic (exact) mass is 737 g/mol. The van der Waals surface area contributed by atoms with E-state index >= 15 is 0 Å². The highest BCUT2D eigenvalue weighted by molar-refractivity contribution is 5.71. The minimum absolute atomic E-state index is 0.0661. The van der Waals surface area contributed by atoms with Crippen molar-refractivity contribution in [2.24, 2.45) is 11.8 Å². The fourth-order valence-electron chi connectivity index (χ4n) is 6.75. The molecule has 0 aromatic heterocycles. The lowest BCUT2D eigenvalue weighted by Crippen LogP contribution is -2.30. The van der Waals surface area contributed by atoms with Gasteiger partial charge >= 0.3 is 17.9 Å². The summed E-state index contributed by atoms with van der Waals surface area (Å²) >= 11 is 0. The zero-order valence-corrected chi connectivity index (χ0v) is 35.4. The van der Waals surface area contributed by atoms with Crippen molar-refractivity contribution in [3.63, 3.8) is 0 Å². The summed E-state index contributed by atoms with van der Waals surface area (Å²) in [4.78, 5) is 37.6. The number of carbonyl (C=O) groups excluding carboxylic acids is 3. The molecule has 0 amide bonds. The lowest BCUT2D eigenvalue weighted by Gasteiger charge is -2.18. The number of hydrogen-bond acceptors (Lipinski definition) is 6. The van der Waals surface area contributed by atoms with Crippen molar-refractivity contribution >= 4 is 17.9 Å². The van der Waals surface area contributed by atoms with Crippen LogP contribution in [0.1, 0.15) is 247 Å². The van der Waals surface area contributed by atoms with Crippen molar-refractivity contribution in [2.45, 2.75) is 253 Å². The van der Waals surface area contributed by atoms with Crippen LogP contribution in [0.4, 0.5) is 0 Å². The first kappa shape index (κ1) is 50.4. The van der Waals surface area contributed by atoms with Gasteiger partial charge < -0.3 is 14.2 Å². The van der Waals surface area contributed by atoms with E-state index in [9.17, 15) is 14.4 Å². The van der Waals surface area contributed by atoms with E-state index in [2.05, 4.69) is 34.6 Å². The number of rotatable bonds is 40. The van der Waals surface area contributed by atoms with Crippen molar-refractivity contribution in [1.82, 2.24) is 0 Å². The Morgan fingerprint density at radius 3 is 0.942 bits per heavy atom. The average molecular weight is 737 g/mol. The first-order valence-corrected chi connectivity index (χ1v) is 22.7. The zero-order valence-electron chi connectivity index (χ0n) is 35.4. The van der Waals surface area contributed by atoms with Crippen molar-refractivity contribution in [3.8, 4) is 0 Å². The van der Waals surface area contributed by atoms with Crippen LogP contribution in [0, 0.1) is 11.8 Å². The molecule has 0 fully saturated rings. The van der Waals surface area contributed by atoms with Crippen molar-refractivity contribution in [2.75, 3.05) is 13.2 Å². The third-order valence-electron chi connectivity index (χ3n) is 10.2. The number of hydrogen-bond donors (Lipinski definition) is 0. The van der Waals surface area contributed by atoms with Gasteiger partial charge in [-0.2, -0.15) is 0 Å². The van der Waals surface area contributed by atoms with E-state index < -0.39 is 6.10 Å². The SMILES string of the molecule is CCCCCCCCCCCCCCCCCC(=O)OC[C@@H](COC(=O)CCCCCCCCC(C)C)OC(=O)CCCCCCCCCC(C)C. The summed E-state index contributed by atoms with van der Waals surface area (Å²) in [5, 5.41) is 0. The third kappa shape index (κ3) is 39.6. The van der Waals surface area contributed by atoms with Crippen molar-refractivity contribution < 1.29 is 28.6 Å². The first-order chi connectivity index (χ1) is 25.2. The minimum atomic E-state index is -0.761. The molecule has 0 aromatic rings. The van der Waals surface area contributed by atoms with Gasteiger partial charge in [-0.05, 0) is 31.1 Å². The molecular weight excluding hydrogens is 648 g/mol. The van der Waals surface area contributed by atoms with Gasteiger partial charge in [-0.1, -0.05) is 208 Å². The quantitative estimate of drug-likeness (QED) is 0.0354. The molecule has 0 bridgehead atoms. The second-order valence-corrected chi connectivity index (χ2v) is 16.6. The second-order valence-electron chi connectivity index (χ2n) is 16.6. The van der Waals surface area contributed by atoms with E-state index in [1.807, 2.05) is 0 Å². The average Bonchev–Trinajstić information content (AvgIpc) is 3.11. The maximum absolute atomic E-state index is 12.7. The van der Waals surface area contributed by atoms with Gasteiger partial charge in [0.1, 0.15) is 13.2 Å². The van der Waals surface area contributed by atoms with Gasteiger partial charge in [0.05, 0.1) is 0 Å². The Bertz CT molecular complexity index is 794. The van der Waals surface area contributed by atoms with Crippen LogP contribution in [-0.4, -0.2) is 37.2 Å². The Hall–Kier alpha value is -1.59. The molecule has 0 aliphatic heterocycles. The Labute approximate surface area is 323 Å². The molecule has 0 spiro atoms. The Balaban J connectivity index is 4.28. The third-order valence-corrected chi connectivity index (χ3v) is 10.2. The topological polar surface area (TPSA) is 78.9 Å². The standard InChI is InChI=1S/C46H88O6/c1-6-7-8-9-10-11-12-13-14-15-16-17-20-26-31-36-44(47)50-39-43(40-51-45(48)37-32-27-23-22-25-30-35-42(4)5)52-46(49)38-33-28-21-18-19-24-29-34-41(2)3/h41-43H,6-40H2,1-5H3/t43-/m0/s1. The number of ether oxygens (including phenoxy) is 3. The predicted octanol–water partition coefficient (Wildman–Crippen LogP) is 14.2. The van der Waals surface area contributed by atoms with E-state index in [1.54, 1.807) is 0 Å². The van der Waals surface area contributed by atoms with Gasteiger partial charge in [-0.15, -0.1) is 0 Å². The van der Waals surface area contributed by atoms with Crippen molar-refractivity contribution in [1.29, 1.82) is 0 Å². The summed E-state index contributed by atoms with van der Waals surface area (Å²) in [6, 6.07) is 0. The fourth-order valence-corrected chi connectivity index (χ4v) is 6.75. The van der Waals surface area contributed by atoms with Crippen LogP contribution < -0.4 is 0 Å². The lowest BCUT2D eigenvalue weighted by molar-refractivity contribution is -0.167. The fraction of sp³-hybridized carbons (Fsp3) is 0.935. The van der Waals surface area contributed by atoms with E-state index in [1.165, 1.54) is 135 Å². The minimum Gasteiger partial charge on any atom is -0.462 e. The molecular formula is C46H88O6. The van der Waals surface area contributed by atoms with Gasteiger partial charge in [0.15, 0.2) is 6.10 Å². The summed E-state index contributed by atoms with van der Waals surface area (Å²) in [6.45, 7) is 11.2. The van der Waals surface area contributed by atoms with Gasteiger partial charge in [0.2, 0.25) is 0 Å². The number of carbonyl (C=O) groups is 3. The molecule has 0 radical (unpaired) electrons. The van der Waals surface area contributed by atoms with Crippen LogP contribution in [0.2, 0.25) is 0 Å². The smallest absolute Gasteiger partial charge is 0.306 e. The van der Waals surface area contributed by atoms with Crippen LogP contribution in [0.5, 0.6) is 0 Å². The summed E-state index contributed by atoms with van der Waals surface area (Å²) in [7, 11) is 0. The molecule has 6 heteroatoms. The Kier molecular flexibility index (Phi) is 37.9. The molecule has 0 aromatic carbocycles. The van der Waals surface area contributed by atoms with E-state index in [4.69, 9.17) is 14.2 Å². The zero-order chi connectivity index (χ0) is 38.3. The van der Waals surface area contributed by atoms with Crippen LogP contribution >= 0.6 is 0 Å². The molecule has 0 heterocycles. The largest absolute Gasteiger partial charge is 0.462 e. The molecule has 0 N–H and O–H groups in total. The van der Waals surface area contributed by atoms with Crippen LogP contribution in [0.25, 0.3) is 0 Å². The molecule has 0 saturated heterocycles. The highest BCUT2D eigenvalue weighted by Crippen LogP contribution is 2.16. The normalized spacial score (nSPS) is 12.1. The van der Waals surface area contributed by atoms with Gasteiger partial charge in [0.25, 0.3) is 0 Å². The number of esters is 3. The van der Waals surface area contributed by atoms with Crippen molar-refractivity contribution in [3.05, 3.63) is 0 Å². The van der Waals surface area contributed by atoms with Crippen LogP contribution in [0.3, 0.4) is 0 Å². The summed E-state index contributed by atoms with van der Waals surface area (Å²) < 4.78 is 16.7. The molecule has 0 rings (SSSR count). The molecule has 0 aliphatic rings. The highest BCUT2D eigenvalue weighted by Gasteiger charge is 2.19. The first-order valence-electron chi connectivity index (χ1n) is 22.7. The highest BCUT2D eigenvalue weighted by atomic mass is 16.6. The Morgan fingerprint density at radius 1 is 0.365 bits per heavy atom. The number of unbranched alkanes of at least 4 members (excludes halogenated alkanes) is 25. The molecule has 0 saturated carbocycles. The second kappa shape index (κ2) is 39.1. The van der Waals surface area contributed by atoms with Gasteiger partial charge in [-0.3, -0.25) is 14.4 Å². The molecule has 1 atom stereocenters. The van der Waals surface area contributed by atoms with Gasteiger partial charge in [0, 0.05) is 19.3 Å². The predicted molar refractivity (Wildman–Crippen MR) is 220 cm³/mol. The van der Waals surface area contributed by atoms with Gasteiger partial charge in [-0.25, -0.2) is 0 Å².